The highest BCUT2D eigenvalue weighted by Gasteiger charge is 2.18. The molecule has 0 atom stereocenters. The molecule has 0 saturated carbocycles. The first-order chi connectivity index (χ1) is 12.0. The second-order valence-corrected chi connectivity index (χ2v) is 7.22. The van der Waals surface area contributed by atoms with Crippen LogP contribution >= 0.6 is 22.9 Å². The summed E-state index contributed by atoms with van der Waals surface area (Å²) >= 11 is 7.28. The lowest BCUT2D eigenvalue weighted by Crippen LogP contribution is -2.47. The molecule has 7 nitrogen and oxygen atoms in total. The van der Waals surface area contributed by atoms with Gasteiger partial charge in [0.05, 0.1) is 16.6 Å². The molecule has 3 aromatic heterocycles. The van der Waals surface area contributed by atoms with E-state index in [0.717, 1.165) is 4.88 Å². The maximum absolute atomic E-state index is 12.4. The van der Waals surface area contributed by atoms with Gasteiger partial charge in [-0.3, -0.25) is 14.6 Å². The molecule has 0 spiro atoms. The van der Waals surface area contributed by atoms with Crippen molar-refractivity contribution in [1.29, 1.82) is 0 Å². The Balaban J connectivity index is 1.63. The summed E-state index contributed by atoms with van der Waals surface area (Å²) in [6.45, 7) is 2.14. The predicted molar refractivity (Wildman–Crippen MR) is 96.7 cm³/mol. The first-order valence-corrected chi connectivity index (χ1v) is 8.64. The molecule has 3 aromatic rings. The number of halogens is 1. The summed E-state index contributed by atoms with van der Waals surface area (Å²) in [6, 6.07) is 8.67. The number of aromatic nitrogens is 2. The topological polar surface area (TPSA) is 78.7 Å². The Bertz CT molecular complexity index is 936. The second-order valence-electron chi connectivity index (χ2n) is 5.42. The number of hydrogen-bond donors (Lipinski definition) is 2. The quantitative estimate of drug-likeness (QED) is 0.689. The Morgan fingerprint density at radius 2 is 2.08 bits per heavy atom. The normalized spacial score (nSPS) is 10.7. The number of carbonyl (C=O) groups is 2. The van der Waals surface area contributed by atoms with E-state index < -0.39 is 11.9 Å². The fraction of sp³-hybridized carbons (Fsp3) is 0.188. The second kappa shape index (κ2) is 7.12. The summed E-state index contributed by atoms with van der Waals surface area (Å²) in [6.07, 6.45) is 1.75. The Morgan fingerprint density at radius 1 is 1.28 bits per heavy atom. The molecule has 2 N–H and O–H groups in total. The Hall–Kier alpha value is -2.58. The summed E-state index contributed by atoms with van der Waals surface area (Å²) in [5, 5.41) is 0. The third-order valence-electron chi connectivity index (χ3n) is 3.57. The van der Waals surface area contributed by atoms with Gasteiger partial charge in [-0.2, -0.15) is 0 Å². The summed E-state index contributed by atoms with van der Waals surface area (Å²) in [5.74, 6) is -0.433. The van der Waals surface area contributed by atoms with Crippen molar-refractivity contribution in [1.82, 2.24) is 25.1 Å². The first-order valence-electron chi connectivity index (χ1n) is 7.45. The number of fused-ring (bicyclic) bond motifs is 1. The third-order valence-corrected chi connectivity index (χ3v) is 4.79. The highest BCUT2D eigenvalue weighted by molar-refractivity contribution is 7.16. The summed E-state index contributed by atoms with van der Waals surface area (Å²) in [4.78, 5) is 31.3. The Morgan fingerprint density at radius 3 is 2.80 bits per heavy atom. The Labute approximate surface area is 153 Å². The highest BCUT2D eigenvalue weighted by atomic mass is 35.5. The molecule has 25 heavy (non-hydrogen) atoms. The molecule has 0 aliphatic rings. The zero-order chi connectivity index (χ0) is 18.0. The number of hydrogen-bond acceptors (Lipinski definition) is 4. The molecule has 3 amide bonds. The summed E-state index contributed by atoms with van der Waals surface area (Å²) in [5.41, 5.74) is 6.46. The molecule has 0 saturated heterocycles. The average molecular weight is 378 g/mol. The number of thiophene rings is 1. The maximum atomic E-state index is 12.4. The van der Waals surface area contributed by atoms with Gasteiger partial charge >= 0.3 is 6.03 Å². The van der Waals surface area contributed by atoms with E-state index in [1.807, 2.05) is 24.3 Å². The van der Waals surface area contributed by atoms with Crippen molar-refractivity contribution in [3.8, 4) is 0 Å². The van der Waals surface area contributed by atoms with Crippen LogP contribution in [0, 0.1) is 6.92 Å². The SMILES string of the molecule is Cc1nc2ccccn2c1C(=O)NNC(=O)N(C)Cc1ccc(Cl)s1. The van der Waals surface area contributed by atoms with Crippen LogP contribution in [-0.2, 0) is 6.54 Å². The van der Waals surface area contributed by atoms with Crippen molar-refractivity contribution in [3.63, 3.8) is 0 Å². The van der Waals surface area contributed by atoms with Gasteiger partial charge in [0, 0.05) is 18.1 Å². The van der Waals surface area contributed by atoms with E-state index in [4.69, 9.17) is 11.6 Å². The minimum absolute atomic E-state index is 0.378. The largest absolute Gasteiger partial charge is 0.336 e. The van der Waals surface area contributed by atoms with Crippen LogP contribution in [0.3, 0.4) is 0 Å². The highest BCUT2D eigenvalue weighted by Crippen LogP contribution is 2.22. The molecule has 0 fully saturated rings. The summed E-state index contributed by atoms with van der Waals surface area (Å²) < 4.78 is 2.34. The third kappa shape index (κ3) is 3.75. The number of pyridine rings is 1. The number of nitrogens with one attached hydrogen (secondary N) is 2. The maximum Gasteiger partial charge on any atom is 0.336 e. The zero-order valence-electron chi connectivity index (χ0n) is 13.6. The van der Waals surface area contributed by atoms with Crippen molar-refractivity contribution in [2.24, 2.45) is 0 Å². The van der Waals surface area contributed by atoms with Crippen LogP contribution in [-0.4, -0.2) is 33.3 Å². The van der Waals surface area contributed by atoms with Crippen LogP contribution in [0.1, 0.15) is 21.1 Å². The van der Waals surface area contributed by atoms with Crippen molar-refractivity contribution >= 4 is 40.5 Å². The monoisotopic (exact) mass is 377 g/mol. The van der Waals surface area contributed by atoms with E-state index in [-0.39, 0.29) is 0 Å². The van der Waals surface area contributed by atoms with Crippen molar-refractivity contribution < 1.29 is 9.59 Å². The minimum atomic E-state index is -0.433. The number of nitrogens with zero attached hydrogens (tertiary/aromatic N) is 3. The van der Waals surface area contributed by atoms with Crippen molar-refractivity contribution in [3.05, 3.63) is 57.1 Å². The van der Waals surface area contributed by atoms with Gasteiger partial charge in [0.1, 0.15) is 11.3 Å². The van der Waals surface area contributed by atoms with E-state index >= 15 is 0 Å². The molecule has 0 aliphatic heterocycles. The molecule has 3 heterocycles. The van der Waals surface area contributed by atoms with Gasteiger partial charge in [-0.05, 0) is 31.2 Å². The van der Waals surface area contributed by atoms with Crippen LogP contribution in [0.25, 0.3) is 5.65 Å². The summed E-state index contributed by atoms with van der Waals surface area (Å²) in [7, 11) is 1.63. The van der Waals surface area contributed by atoms with E-state index in [1.54, 1.807) is 30.6 Å². The van der Waals surface area contributed by atoms with Gasteiger partial charge in [0.15, 0.2) is 0 Å². The van der Waals surface area contributed by atoms with Crippen LogP contribution in [0.4, 0.5) is 4.79 Å². The van der Waals surface area contributed by atoms with Gasteiger partial charge in [-0.1, -0.05) is 17.7 Å². The molecular weight excluding hydrogens is 362 g/mol. The number of hydrazine groups is 1. The molecule has 9 heteroatoms. The number of rotatable bonds is 3. The minimum Gasteiger partial charge on any atom is -0.321 e. The number of aryl methyl sites for hydroxylation is 1. The van der Waals surface area contributed by atoms with Gasteiger partial charge in [0.2, 0.25) is 0 Å². The van der Waals surface area contributed by atoms with E-state index in [2.05, 4.69) is 15.8 Å². The fourth-order valence-electron chi connectivity index (χ4n) is 2.39. The van der Waals surface area contributed by atoms with Crippen LogP contribution in [0.5, 0.6) is 0 Å². The lowest BCUT2D eigenvalue weighted by Gasteiger charge is -2.17. The molecule has 130 valence electrons. The molecule has 0 radical (unpaired) electrons. The fourth-order valence-corrected chi connectivity index (χ4v) is 3.54. The van der Waals surface area contributed by atoms with Crippen LogP contribution < -0.4 is 10.9 Å². The van der Waals surface area contributed by atoms with Crippen molar-refractivity contribution in [2.45, 2.75) is 13.5 Å². The molecule has 0 bridgehead atoms. The number of urea groups is 1. The van der Waals surface area contributed by atoms with E-state index in [1.165, 1.54) is 16.2 Å². The first kappa shape index (κ1) is 17.2. The smallest absolute Gasteiger partial charge is 0.321 e. The van der Waals surface area contributed by atoms with Gasteiger partial charge < -0.3 is 4.90 Å². The molecule has 0 aromatic carbocycles. The molecule has 3 rings (SSSR count). The van der Waals surface area contributed by atoms with Gasteiger partial charge in [-0.25, -0.2) is 15.2 Å². The number of amides is 3. The standard InChI is InChI=1S/C16H16ClN5O2S/c1-10-14(22-8-4-3-5-13(22)18-10)15(23)19-20-16(24)21(2)9-11-6-7-12(17)25-11/h3-8H,9H2,1-2H3,(H,19,23)(H,20,24). The van der Waals surface area contributed by atoms with Crippen LogP contribution in [0.15, 0.2) is 36.5 Å². The number of carbonyl (C=O) groups excluding carboxylic acids is 2. The average Bonchev–Trinajstić information content (AvgIpc) is 3.14. The van der Waals surface area contributed by atoms with Crippen LogP contribution in [0.2, 0.25) is 4.34 Å². The lowest BCUT2D eigenvalue weighted by molar-refractivity contribution is 0.0924. The van der Waals surface area contributed by atoms with E-state index in [9.17, 15) is 9.59 Å². The molecule has 0 aliphatic carbocycles. The molecular formula is C16H16ClN5O2S. The molecule has 0 unspecified atom stereocenters. The lowest BCUT2D eigenvalue weighted by atomic mass is 10.3. The van der Waals surface area contributed by atoms with Gasteiger partial charge in [-0.15, -0.1) is 11.3 Å². The van der Waals surface area contributed by atoms with Crippen molar-refractivity contribution in [2.75, 3.05) is 7.05 Å². The zero-order valence-corrected chi connectivity index (χ0v) is 15.2. The Kier molecular flexibility index (Phi) is 4.91. The predicted octanol–water partition coefficient (Wildman–Crippen LogP) is 2.84. The van der Waals surface area contributed by atoms with Gasteiger partial charge in [0.25, 0.3) is 5.91 Å². The number of imidazole rings is 1. The van der Waals surface area contributed by atoms with E-state index in [0.29, 0.717) is 27.9 Å².